The lowest BCUT2D eigenvalue weighted by Gasteiger charge is -2.25. The van der Waals surface area contributed by atoms with Crippen LogP contribution in [0.5, 0.6) is 5.88 Å². The second-order valence-electron chi connectivity index (χ2n) is 4.07. The van der Waals surface area contributed by atoms with E-state index in [4.69, 9.17) is 9.47 Å². The van der Waals surface area contributed by atoms with E-state index in [9.17, 15) is 9.59 Å². The second-order valence-corrected chi connectivity index (χ2v) is 4.07. The summed E-state index contributed by atoms with van der Waals surface area (Å²) in [6.07, 6.45) is 1.96. The predicted octanol–water partition coefficient (Wildman–Crippen LogP) is -0.0370. The van der Waals surface area contributed by atoms with Gasteiger partial charge >= 0.3 is 5.97 Å². The number of carbonyl (C=O) groups excluding carboxylic acids is 2. The summed E-state index contributed by atoms with van der Waals surface area (Å²) in [5.74, 6) is -0.171. The molecule has 19 heavy (non-hydrogen) atoms. The summed E-state index contributed by atoms with van der Waals surface area (Å²) in [5, 5.41) is 6.62. The Bertz CT molecular complexity index is 469. The van der Waals surface area contributed by atoms with Crippen molar-refractivity contribution in [3.05, 3.63) is 6.20 Å². The van der Waals surface area contributed by atoms with Gasteiger partial charge in [0.1, 0.15) is 17.8 Å². The number of aromatic nitrogens is 2. The summed E-state index contributed by atoms with van der Waals surface area (Å²) >= 11 is 0. The van der Waals surface area contributed by atoms with E-state index < -0.39 is 12.0 Å². The van der Waals surface area contributed by atoms with Crippen LogP contribution in [-0.4, -0.2) is 48.6 Å². The van der Waals surface area contributed by atoms with E-state index in [-0.39, 0.29) is 12.0 Å². The van der Waals surface area contributed by atoms with Crippen molar-refractivity contribution in [1.29, 1.82) is 0 Å². The van der Waals surface area contributed by atoms with Crippen molar-refractivity contribution in [3.8, 4) is 5.88 Å². The smallest absolute Gasteiger partial charge is 0.330 e. The lowest BCUT2D eigenvalue weighted by molar-refractivity contribution is -0.144. The molecule has 1 aliphatic heterocycles. The first-order valence-electron chi connectivity index (χ1n) is 5.77. The molecule has 0 radical (unpaired) electrons. The fourth-order valence-corrected chi connectivity index (χ4v) is 1.54. The van der Waals surface area contributed by atoms with Crippen LogP contribution in [-0.2, 0) is 19.1 Å². The maximum absolute atomic E-state index is 11.4. The van der Waals surface area contributed by atoms with Crippen molar-refractivity contribution >= 4 is 18.1 Å². The van der Waals surface area contributed by atoms with Gasteiger partial charge in [0.15, 0.2) is 0 Å². The van der Waals surface area contributed by atoms with Gasteiger partial charge in [-0.1, -0.05) is 0 Å². The third kappa shape index (κ3) is 2.84. The Labute approximate surface area is 109 Å². The summed E-state index contributed by atoms with van der Waals surface area (Å²) < 4.78 is 16.6. The van der Waals surface area contributed by atoms with E-state index in [0.717, 1.165) is 0 Å². The summed E-state index contributed by atoms with van der Waals surface area (Å²) in [6, 6.07) is -0.604. The topological polar surface area (TPSA) is 91.7 Å². The molecular formula is C11H15N3O5. The number of esters is 1. The highest BCUT2D eigenvalue weighted by Gasteiger charge is 2.25. The molecule has 1 aromatic rings. The SMILES string of the molecule is COC(=O)C(C)n1cc(NC=O)c(OC2COC2)n1. The monoisotopic (exact) mass is 269 g/mol. The first kappa shape index (κ1) is 13.3. The van der Waals surface area contributed by atoms with Gasteiger partial charge in [-0.05, 0) is 6.92 Å². The Morgan fingerprint density at radius 2 is 2.42 bits per heavy atom. The van der Waals surface area contributed by atoms with Gasteiger partial charge in [-0.25, -0.2) is 4.79 Å². The van der Waals surface area contributed by atoms with Crippen LogP contribution in [0.3, 0.4) is 0 Å². The van der Waals surface area contributed by atoms with E-state index in [1.54, 1.807) is 6.92 Å². The zero-order valence-corrected chi connectivity index (χ0v) is 10.7. The number of methoxy groups -OCH3 is 1. The summed E-state index contributed by atoms with van der Waals surface area (Å²) in [5.41, 5.74) is 0.401. The van der Waals surface area contributed by atoms with Crippen LogP contribution in [0.2, 0.25) is 0 Å². The largest absolute Gasteiger partial charge is 0.467 e. The van der Waals surface area contributed by atoms with Gasteiger partial charge in [0.25, 0.3) is 5.88 Å². The number of nitrogens with one attached hydrogen (secondary N) is 1. The summed E-state index contributed by atoms with van der Waals surface area (Å²) in [7, 11) is 1.30. The normalized spacial score (nSPS) is 16.3. The molecule has 1 saturated heterocycles. The fraction of sp³-hybridized carbons (Fsp3) is 0.545. The number of anilines is 1. The summed E-state index contributed by atoms with van der Waals surface area (Å²) in [4.78, 5) is 22.0. The Kier molecular flexibility index (Phi) is 4.00. The zero-order chi connectivity index (χ0) is 13.8. The number of amides is 1. The van der Waals surface area contributed by atoms with Gasteiger partial charge in [-0.2, -0.15) is 0 Å². The van der Waals surface area contributed by atoms with E-state index >= 15 is 0 Å². The average molecular weight is 269 g/mol. The van der Waals surface area contributed by atoms with Gasteiger partial charge < -0.3 is 19.5 Å². The highest BCUT2D eigenvalue weighted by atomic mass is 16.6. The first-order chi connectivity index (χ1) is 9.15. The van der Waals surface area contributed by atoms with Crippen LogP contribution >= 0.6 is 0 Å². The number of rotatable bonds is 6. The van der Waals surface area contributed by atoms with Crippen molar-refractivity contribution in [2.75, 3.05) is 25.6 Å². The Morgan fingerprint density at radius 3 is 2.95 bits per heavy atom. The lowest BCUT2D eigenvalue weighted by Crippen LogP contribution is -2.38. The third-order valence-electron chi connectivity index (χ3n) is 2.74. The van der Waals surface area contributed by atoms with Gasteiger partial charge in [-0.3, -0.25) is 9.48 Å². The molecule has 1 aromatic heterocycles. The molecule has 8 nitrogen and oxygen atoms in total. The summed E-state index contributed by atoms with van der Waals surface area (Å²) in [6.45, 7) is 2.61. The molecule has 104 valence electrons. The van der Waals surface area contributed by atoms with Crippen LogP contribution in [0, 0.1) is 0 Å². The Hall–Kier alpha value is -2.09. The van der Waals surface area contributed by atoms with E-state index in [2.05, 4.69) is 15.2 Å². The van der Waals surface area contributed by atoms with Crippen molar-refractivity contribution in [2.24, 2.45) is 0 Å². The molecule has 8 heteroatoms. The van der Waals surface area contributed by atoms with E-state index in [1.807, 2.05) is 0 Å². The van der Waals surface area contributed by atoms with Crippen LogP contribution in [0.1, 0.15) is 13.0 Å². The van der Waals surface area contributed by atoms with E-state index in [1.165, 1.54) is 18.0 Å². The second kappa shape index (κ2) is 5.70. The first-order valence-corrected chi connectivity index (χ1v) is 5.77. The molecule has 1 atom stereocenters. The predicted molar refractivity (Wildman–Crippen MR) is 63.9 cm³/mol. The number of ether oxygens (including phenoxy) is 3. The molecule has 0 bridgehead atoms. The Morgan fingerprint density at radius 1 is 1.68 bits per heavy atom. The molecule has 1 fully saturated rings. The van der Waals surface area contributed by atoms with Crippen LogP contribution in [0.4, 0.5) is 5.69 Å². The molecule has 2 rings (SSSR count). The highest BCUT2D eigenvalue weighted by molar-refractivity contribution is 5.76. The molecule has 1 unspecified atom stereocenters. The van der Waals surface area contributed by atoms with Crippen LogP contribution in [0.15, 0.2) is 6.20 Å². The van der Waals surface area contributed by atoms with Gasteiger partial charge in [0.2, 0.25) is 6.41 Å². The minimum Gasteiger partial charge on any atom is -0.467 e. The fourth-order valence-electron chi connectivity index (χ4n) is 1.54. The maximum atomic E-state index is 11.4. The number of hydrogen-bond donors (Lipinski definition) is 1. The highest BCUT2D eigenvalue weighted by Crippen LogP contribution is 2.26. The number of nitrogens with zero attached hydrogens (tertiary/aromatic N) is 2. The van der Waals surface area contributed by atoms with Gasteiger partial charge in [0.05, 0.1) is 26.5 Å². The molecular weight excluding hydrogens is 254 g/mol. The number of hydrogen-bond acceptors (Lipinski definition) is 6. The molecule has 0 saturated carbocycles. The average Bonchev–Trinajstić information content (AvgIpc) is 2.75. The number of carbonyl (C=O) groups is 2. The molecule has 2 heterocycles. The molecule has 1 aliphatic rings. The van der Waals surface area contributed by atoms with Gasteiger partial charge in [-0.15, -0.1) is 5.10 Å². The van der Waals surface area contributed by atoms with Gasteiger partial charge in [0, 0.05) is 0 Å². The standard InChI is InChI=1S/C11H15N3O5/c1-7(11(16)17-2)14-3-9(12-6-15)10(13-14)19-8-4-18-5-8/h3,6-8H,4-5H2,1-2H3,(H,12,15). The van der Waals surface area contributed by atoms with Crippen LogP contribution in [0.25, 0.3) is 0 Å². The zero-order valence-electron chi connectivity index (χ0n) is 10.7. The third-order valence-corrected chi connectivity index (χ3v) is 2.74. The quantitative estimate of drug-likeness (QED) is 0.575. The Balaban J connectivity index is 2.17. The van der Waals surface area contributed by atoms with Crippen molar-refractivity contribution in [3.63, 3.8) is 0 Å². The molecule has 0 aromatic carbocycles. The minimum atomic E-state index is -0.604. The van der Waals surface area contributed by atoms with E-state index in [0.29, 0.717) is 25.3 Å². The lowest BCUT2D eigenvalue weighted by atomic mass is 10.3. The maximum Gasteiger partial charge on any atom is 0.330 e. The minimum absolute atomic E-state index is 0.0796. The van der Waals surface area contributed by atoms with Crippen molar-refractivity contribution < 1.29 is 23.8 Å². The van der Waals surface area contributed by atoms with Crippen LogP contribution < -0.4 is 10.1 Å². The van der Waals surface area contributed by atoms with Crippen molar-refractivity contribution in [2.45, 2.75) is 19.1 Å². The molecule has 1 amide bonds. The van der Waals surface area contributed by atoms with Crippen molar-refractivity contribution in [1.82, 2.24) is 9.78 Å². The molecule has 1 N–H and O–H groups in total. The molecule has 0 spiro atoms. The molecule has 0 aliphatic carbocycles.